The van der Waals surface area contributed by atoms with Crippen molar-refractivity contribution in [1.29, 1.82) is 0 Å². The first-order chi connectivity index (χ1) is 27.8. The summed E-state index contributed by atoms with van der Waals surface area (Å²) in [7, 11) is 0. The van der Waals surface area contributed by atoms with Crippen molar-refractivity contribution in [1.82, 2.24) is 23.9 Å². The topological polar surface area (TPSA) is 53.7 Å². The maximum Gasteiger partial charge on any atom is 0.168 e. The molecular weight excluding hydrogens is 687 g/mol. The third-order valence-corrected chi connectivity index (χ3v) is 11.2. The van der Waals surface area contributed by atoms with Crippen molar-refractivity contribution >= 4 is 65.6 Å². The van der Waals surface area contributed by atoms with E-state index in [-0.39, 0.29) is 0 Å². The van der Waals surface area contributed by atoms with Gasteiger partial charge in [0.2, 0.25) is 0 Å². The molecule has 6 nitrogen and oxygen atoms in total. The lowest BCUT2D eigenvalue weighted by Gasteiger charge is -2.17. The van der Waals surface area contributed by atoms with Crippen molar-refractivity contribution in [3.05, 3.63) is 188 Å². The van der Waals surface area contributed by atoms with Gasteiger partial charge in [0.1, 0.15) is 11.2 Å². The number of aromatic nitrogens is 5. The zero-order valence-electron chi connectivity index (χ0n) is 30.0. The molecule has 0 aliphatic rings. The minimum atomic E-state index is 0.788. The number of benzene rings is 8. The maximum absolute atomic E-state index is 6.47. The third kappa shape index (κ3) is 4.38. The molecule has 12 aromatic rings. The van der Waals surface area contributed by atoms with E-state index in [1.165, 1.54) is 10.8 Å². The monoisotopic (exact) mass is 717 g/mol. The Morgan fingerprint density at radius 3 is 1.54 bits per heavy atom. The van der Waals surface area contributed by atoms with Crippen LogP contribution in [0.3, 0.4) is 0 Å². The summed E-state index contributed by atoms with van der Waals surface area (Å²) in [5, 5.41) is 16.6. The van der Waals surface area contributed by atoms with Crippen LogP contribution >= 0.6 is 0 Å². The van der Waals surface area contributed by atoms with Gasteiger partial charge in [0.25, 0.3) is 0 Å². The van der Waals surface area contributed by atoms with Gasteiger partial charge >= 0.3 is 0 Å². The second-order valence-corrected chi connectivity index (χ2v) is 14.2. The normalized spacial score (nSPS) is 11.9. The van der Waals surface area contributed by atoms with E-state index in [4.69, 9.17) is 14.6 Å². The predicted octanol–water partition coefficient (Wildman–Crippen LogP) is 12.7. The Bertz CT molecular complexity index is 3420. The van der Waals surface area contributed by atoms with Crippen LogP contribution in [-0.2, 0) is 0 Å². The van der Waals surface area contributed by atoms with Gasteiger partial charge in [-0.2, -0.15) is 0 Å². The molecular formula is C50H31N5O. The second kappa shape index (κ2) is 11.9. The zero-order valence-corrected chi connectivity index (χ0v) is 30.0. The quantitative estimate of drug-likeness (QED) is 0.178. The first kappa shape index (κ1) is 30.7. The van der Waals surface area contributed by atoms with Crippen molar-refractivity contribution in [3.63, 3.8) is 0 Å². The van der Waals surface area contributed by atoms with Gasteiger partial charge in [-0.3, -0.25) is 4.57 Å². The van der Waals surface area contributed by atoms with E-state index in [1.807, 2.05) is 48.5 Å². The van der Waals surface area contributed by atoms with Gasteiger partial charge in [-0.05, 0) is 48.5 Å². The molecule has 262 valence electrons. The summed E-state index contributed by atoms with van der Waals surface area (Å²) < 4.78 is 13.5. The van der Waals surface area contributed by atoms with Crippen LogP contribution in [0.15, 0.2) is 192 Å². The van der Waals surface area contributed by atoms with Gasteiger partial charge in [0.05, 0.1) is 39.1 Å². The summed E-state index contributed by atoms with van der Waals surface area (Å²) in [5.74, 6) is 1.58. The highest BCUT2D eigenvalue weighted by molar-refractivity contribution is 6.18. The van der Waals surface area contributed by atoms with Crippen molar-refractivity contribution < 1.29 is 4.42 Å². The Kier molecular flexibility index (Phi) is 6.53. The van der Waals surface area contributed by atoms with Crippen LogP contribution in [0.5, 0.6) is 0 Å². The van der Waals surface area contributed by atoms with Crippen LogP contribution in [0.4, 0.5) is 0 Å². The maximum atomic E-state index is 6.47. The molecule has 0 spiro atoms. The molecule has 4 aromatic heterocycles. The van der Waals surface area contributed by atoms with Gasteiger partial charge in [-0.15, -0.1) is 10.2 Å². The number of para-hydroxylation sites is 5. The fraction of sp³-hybridized carbons (Fsp3) is 0. The zero-order chi connectivity index (χ0) is 36.7. The van der Waals surface area contributed by atoms with E-state index in [1.54, 1.807) is 0 Å². The van der Waals surface area contributed by atoms with E-state index in [2.05, 4.69) is 153 Å². The number of rotatable bonds is 5. The predicted molar refractivity (Wildman–Crippen MR) is 228 cm³/mol. The number of hydrogen-bond donors (Lipinski definition) is 0. The molecule has 0 saturated heterocycles. The highest BCUT2D eigenvalue weighted by Gasteiger charge is 2.24. The van der Waals surface area contributed by atoms with Crippen LogP contribution in [0.25, 0.3) is 105 Å². The summed E-state index contributed by atoms with van der Waals surface area (Å²) in [4.78, 5) is 0. The van der Waals surface area contributed by atoms with Gasteiger partial charge in [-0.25, -0.2) is 0 Å². The molecule has 0 radical (unpaired) electrons. The molecule has 0 saturated carbocycles. The minimum absolute atomic E-state index is 0.788. The lowest BCUT2D eigenvalue weighted by atomic mass is 10.1. The Morgan fingerprint density at radius 2 is 0.839 bits per heavy atom. The van der Waals surface area contributed by atoms with Crippen LogP contribution in [0, 0.1) is 0 Å². The summed E-state index contributed by atoms with van der Waals surface area (Å²) in [6.07, 6.45) is 0. The van der Waals surface area contributed by atoms with Crippen LogP contribution < -0.4 is 0 Å². The third-order valence-electron chi connectivity index (χ3n) is 11.2. The summed E-state index contributed by atoms with van der Waals surface area (Å²) in [5.41, 5.74) is 11.3. The van der Waals surface area contributed by atoms with E-state index in [0.717, 1.165) is 94.6 Å². The molecule has 0 N–H and O–H groups in total. The second-order valence-electron chi connectivity index (χ2n) is 14.2. The molecule has 12 rings (SSSR count). The number of hydrogen-bond acceptors (Lipinski definition) is 3. The Hall–Kier alpha value is -7.70. The minimum Gasteiger partial charge on any atom is -0.456 e. The fourth-order valence-electron chi connectivity index (χ4n) is 8.80. The van der Waals surface area contributed by atoms with Crippen LogP contribution in [0.2, 0.25) is 0 Å². The number of furan rings is 1. The SMILES string of the molecule is c1ccc(-c2nnc(-c3ccccc3)n2-c2cccc3c2c2ccccc2n3-c2ccccc2-n2c3ccccc3c3cc4c(cc32)oc2ccccc24)cc1. The van der Waals surface area contributed by atoms with E-state index in [9.17, 15) is 0 Å². The molecule has 0 amide bonds. The van der Waals surface area contributed by atoms with Gasteiger partial charge in [0, 0.05) is 49.5 Å². The summed E-state index contributed by atoms with van der Waals surface area (Å²) in [6, 6.07) is 66.2. The lowest BCUT2D eigenvalue weighted by Crippen LogP contribution is -2.04. The molecule has 0 atom stereocenters. The fourth-order valence-corrected chi connectivity index (χ4v) is 8.80. The molecule has 0 fully saturated rings. The first-order valence-corrected chi connectivity index (χ1v) is 18.8. The van der Waals surface area contributed by atoms with Crippen molar-refractivity contribution in [2.75, 3.05) is 0 Å². The van der Waals surface area contributed by atoms with Crippen LogP contribution in [-0.4, -0.2) is 23.9 Å². The molecule has 4 heterocycles. The van der Waals surface area contributed by atoms with Crippen molar-refractivity contribution in [2.45, 2.75) is 0 Å². The average Bonchev–Trinajstić information content (AvgIpc) is 4.03. The molecule has 8 aromatic carbocycles. The summed E-state index contributed by atoms with van der Waals surface area (Å²) in [6.45, 7) is 0. The van der Waals surface area contributed by atoms with E-state index in [0.29, 0.717) is 0 Å². The smallest absolute Gasteiger partial charge is 0.168 e. The molecule has 0 bridgehead atoms. The highest BCUT2D eigenvalue weighted by Crippen LogP contribution is 2.43. The highest BCUT2D eigenvalue weighted by atomic mass is 16.3. The van der Waals surface area contributed by atoms with Gasteiger partial charge in [0.15, 0.2) is 11.6 Å². The molecule has 56 heavy (non-hydrogen) atoms. The number of nitrogens with zero attached hydrogens (tertiary/aromatic N) is 5. The summed E-state index contributed by atoms with van der Waals surface area (Å²) >= 11 is 0. The Morgan fingerprint density at radius 1 is 0.321 bits per heavy atom. The van der Waals surface area contributed by atoms with Gasteiger partial charge < -0.3 is 13.6 Å². The Balaban J connectivity index is 1.16. The van der Waals surface area contributed by atoms with Crippen LogP contribution in [0.1, 0.15) is 0 Å². The van der Waals surface area contributed by atoms with E-state index < -0.39 is 0 Å². The Labute approximate surface area is 320 Å². The van der Waals surface area contributed by atoms with E-state index >= 15 is 0 Å². The lowest BCUT2D eigenvalue weighted by molar-refractivity contribution is 0.669. The average molecular weight is 718 g/mol. The molecule has 6 heteroatoms. The van der Waals surface area contributed by atoms with Gasteiger partial charge in [-0.1, -0.05) is 133 Å². The molecule has 0 aliphatic heterocycles. The van der Waals surface area contributed by atoms with Crippen molar-refractivity contribution in [3.8, 4) is 39.8 Å². The standard InChI is InChI=1S/C50H31N5O/c1-3-16-32(17-4-1)49-51-52-50(33-18-5-2-6-19-33)55(49)44-28-15-27-43-48(44)36-22-8-11-24-40(36)53(43)41-25-12-13-26-42(41)54-39-23-10-7-20-34(39)37-30-38-35-21-9-14-29-46(35)56-47(38)31-45(37)54/h1-31H. The first-order valence-electron chi connectivity index (χ1n) is 18.8. The molecule has 0 unspecified atom stereocenters. The van der Waals surface area contributed by atoms with Crippen molar-refractivity contribution in [2.24, 2.45) is 0 Å². The number of fused-ring (bicyclic) bond motifs is 9. The molecule has 0 aliphatic carbocycles. The largest absolute Gasteiger partial charge is 0.456 e.